The Morgan fingerprint density at radius 3 is 2.48 bits per heavy atom. The molecule has 0 spiro atoms. The second-order valence-corrected chi connectivity index (χ2v) is 9.00. The van der Waals surface area contributed by atoms with E-state index in [0.717, 1.165) is 11.4 Å². The summed E-state index contributed by atoms with van der Waals surface area (Å²) in [4.78, 5) is 12.9. The monoisotopic (exact) mass is 432 g/mol. The number of hydrogen-bond donors (Lipinski definition) is 2. The van der Waals surface area contributed by atoms with Gasteiger partial charge in [0.05, 0.1) is 28.9 Å². The summed E-state index contributed by atoms with van der Waals surface area (Å²) in [7, 11) is -3.61. The van der Waals surface area contributed by atoms with Gasteiger partial charge in [0.15, 0.2) is 0 Å². The number of rotatable bonds is 6. The van der Waals surface area contributed by atoms with Crippen molar-refractivity contribution >= 4 is 33.2 Å². The van der Waals surface area contributed by atoms with Crippen molar-refractivity contribution in [2.75, 3.05) is 5.32 Å². The van der Waals surface area contributed by atoms with Gasteiger partial charge in [0.2, 0.25) is 10.0 Å². The van der Waals surface area contributed by atoms with Crippen molar-refractivity contribution in [2.24, 2.45) is 5.14 Å². The van der Waals surface area contributed by atoms with Crippen LogP contribution < -0.4 is 10.5 Å². The molecule has 1 aromatic heterocycles. The van der Waals surface area contributed by atoms with Gasteiger partial charge in [0.1, 0.15) is 0 Å². The molecular formula is C20H21ClN4O3S. The fourth-order valence-electron chi connectivity index (χ4n) is 3.02. The molecule has 7 nitrogen and oxygen atoms in total. The molecule has 0 aliphatic heterocycles. The van der Waals surface area contributed by atoms with E-state index in [4.69, 9.17) is 16.7 Å². The molecule has 0 unspecified atom stereocenters. The summed E-state index contributed by atoms with van der Waals surface area (Å²) in [5, 5.41) is 12.8. The SMILES string of the molecule is CC(C)c1c(C(=O)Nc2ccc(CS(N)(=O)=O)cc2)cnn1-c1cccc(Cl)c1. The van der Waals surface area contributed by atoms with Crippen LogP contribution in [-0.4, -0.2) is 24.1 Å². The molecule has 2 aromatic carbocycles. The Bertz CT molecular complexity index is 1140. The number of nitrogens with one attached hydrogen (secondary N) is 1. The topological polar surface area (TPSA) is 107 Å². The Hall–Kier alpha value is -2.68. The third kappa shape index (κ3) is 5.23. The fourth-order valence-corrected chi connectivity index (χ4v) is 3.86. The molecule has 0 fully saturated rings. The highest BCUT2D eigenvalue weighted by Gasteiger charge is 2.21. The second kappa shape index (κ2) is 8.36. The molecule has 3 N–H and O–H groups in total. The first-order chi connectivity index (χ1) is 13.6. The van der Waals surface area contributed by atoms with E-state index in [2.05, 4.69) is 10.4 Å². The number of aromatic nitrogens is 2. The van der Waals surface area contributed by atoms with Gasteiger partial charge >= 0.3 is 0 Å². The maximum atomic E-state index is 12.9. The number of amides is 1. The van der Waals surface area contributed by atoms with Crippen LogP contribution in [0.5, 0.6) is 0 Å². The molecule has 3 rings (SSSR count). The van der Waals surface area contributed by atoms with Crippen molar-refractivity contribution in [3.63, 3.8) is 0 Å². The van der Waals surface area contributed by atoms with Gasteiger partial charge in [-0.25, -0.2) is 18.2 Å². The Kier molecular flexibility index (Phi) is 6.07. The molecule has 0 aliphatic carbocycles. The maximum Gasteiger partial charge on any atom is 0.259 e. The van der Waals surface area contributed by atoms with Crippen molar-refractivity contribution in [1.82, 2.24) is 9.78 Å². The maximum absolute atomic E-state index is 12.9. The van der Waals surface area contributed by atoms with Crippen LogP contribution in [0.25, 0.3) is 5.69 Å². The van der Waals surface area contributed by atoms with E-state index in [1.165, 1.54) is 6.20 Å². The fraction of sp³-hybridized carbons (Fsp3) is 0.200. The van der Waals surface area contributed by atoms with Gasteiger partial charge in [0, 0.05) is 10.7 Å². The summed E-state index contributed by atoms with van der Waals surface area (Å²) in [6.45, 7) is 3.97. The summed E-state index contributed by atoms with van der Waals surface area (Å²) < 4.78 is 24.1. The van der Waals surface area contributed by atoms with Crippen LogP contribution in [-0.2, 0) is 15.8 Å². The summed E-state index contributed by atoms with van der Waals surface area (Å²) in [5.74, 6) is -0.527. The van der Waals surface area contributed by atoms with Crippen LogP contribution in [0.15, 0.2) is 54.7 Å². The highest BCUT2D eigenvalue weighted by molar-refractivity contribution is 7.88. The van der Waals surface area contributed by atoms with E-state index in [1.807, 2.05) is 26.0 Å². The van der Waals surface area contributed by atoms with Crippen molar-refractivity contribution in [3.05, 3.63) is 76.6 Å². The zero-order valence-corrected chi connectivity index (χ0v) is 17.5. The molecule has 1 heterocycles. The molecule has 0 saturated heterocycles. The van der Waals surface area contributed by atoms with E-state index >= 15 is 0 Å². The third-order valence-corrected chi connectivity index (χ3v) is 5.20. The minimum atomic E-state index is -3.61. The summed E-state index contributed by atoms with van der Waals surface area (Å²) in [6, 6.07) is 13.7. The first-order valence-corrected chi connectivity index (χ1v) is 11.0. The Morgan fingerprint density at radius 2 is 1.90 bits per heavy atom. The molecule has 0 aliphatic rings. The third-order valence-electron chi connectivity index (χ3n) is 4.23. The minimum Gasteiger partial charge on any atom is -0.322 e. The molecule has 9 heteroatoms. The van der Waals surface area contributed by atoms with E-state index in [9.17, 15) is 13.2 Å². The standard InChI is InChI=1S/C20H21ClN4O3S/c1-13(2)19-18(11-23-25(19)17-5-3-4-15(21)10-17)20(26)24-16-8-6-14(7-9-16)12-29(22,27)28/h3-11,13H,12H2,1-2H3,(H,24,26)(H2,22,27,28). The predicted octanol–water partition coefficient (Wildman–Crippen LogP) is 3.69. The average molecular weight is 433 g/mol. The number of anilines is 1. The van der Waals surface area contributed by atoms with Gasteiger partial charge in [-0.05, 0) is 41.8 Å². The van der Waals surface area contributed by atoms with Crippen LogP contribution >= 0.6 is 11.6 Å². The van der Waals surface area contributed by atoms with Gasteiger partial charge in [-0.2, -0.15) is 5.10 Å². The predicted molar refractivity (Wildman–Crippen MR) is 114 cm³/mol. The molecular weight excluding hydrogens is 412 g/mol. The largest absolute Gasteiger partial charge is 0.322 e. The number of halogens is 1. The molecule has 3 aromatic rings. The van der Waals surface area contributed by atoms with Crippen molar-refractivity contribution < 1.29 is 13.2 Å². The zero-order chi connectivity index (χ0) is 21.2. The molecule has 0 atom stereocenters. The molecule has 0 radical (unpaired) electrons. The lowest BCUT2D eigenvalue weighted by Gasteiger charge is -2.13. The Balaban J connectivity index is 1.86. The van der Waals surface area contributed by atoms with Crippen LogP contribution in [0.2, 0.25) is 5.02 Å². The lowest BCUT2D eigenvalue weighted by molar-refractivity contribution is 0.102. The second-order valence-electron chi connectivity index (χ2n) is 6.95. The summed E-state index contributed by atoms with van der Waals surface area (Å²) in [5.41, 5.74) is 3.07. The van der Waals surface area contributed by atoms with E-state index in [-0.39, 0.29) is 17.6 Å². The van der Waals surface area contributed by atoms with Crippen LogP contribution in [0.1, 0.15) is 41.4 Å². The number of nitrogens with zero attached hydrogens (tertiary/aromatic N) is 2. The smallest absolute Gasteiger partial charge is 0.259 e. The average Bonchev–Trinajstić information content (AvgIpc) is 3.08. The van der Waals surface area contributed by atoms with E-state index in [0.29, 0.717) is 21.8 Å². The number of sulfonamides is 1. The zero-order valence-electron chi connectivity index (χ0n) is 16.0. The summed E-state index contributed by atoms with van der Waals surface area (Å²) in [6.07, 6.45) is 1.53. The van der Waals surface area contributed by atoms with E-state index < -0.39 is 10.0 Å². The van der Waals surface area contributed by atoms with Gasteiger partial charge in [0.25, 0.3) is 5.91 Å². The van der Waals surface area contributed by atoms with Crippen molar-refractivity contribution in [2.45, 2.75) is 25.5 Å². The minimum absolute atomic E-state index is 0.0365. The summed E-state index contributed by atoms with van der Waals surface area (Å²) >= 11 is 6.09. The lowest BCUT2D eigenvalue weighted by atomic mass is 10.0. The first-order valence-electron chi connectivity index (χ1n) is 8.88. The van der Waals surface area contributed by atoms with Gasteiger partial charge < -0.3 is 5.32 Å². The van der Waals surface area contributed by atoms with Gasteiger partial charge in [-0.3, -0.25) is 4.79 Å². The van der Waals surface area contributed by atoms with Crippen LogP contribution in [0.3, 0.4) is 0 Å². The number of benzene rings is 2. The highest BCUT2D eigenvalue weighted by atomic mass is 35.5. The first kappa shape index (κ1) is 21.0. The van der Waals surface area contributed by atoms with Crippen molar-refractivity contribution in [3.8, 4) is 5.69 Å². The van der Waals surface area contributed by atoms with E-state index in [1.54, 1.807) is 41.1 Å². The van der Waals surface area contributed by atoms with Gasteiger partial charge in [-0.1, -0.05) is 43.6 Å². The van der Waals surface area contributed by atoms with Crippen LogP contribution in [0.4, 0.5) is 5.69 Å². The number of primary sulfonamides is 1. The Labute approximate surface area is 174 Å². The Morgan fingerprint density at radius 1 is 1.21 bits per heavy atom. The molecule has 0 saturated carbocycles. The molecule has 0 bridgehead atoms. The highest BCUT2D eigenvalue weighted by Crippen LogP contribution is 2.25. The van der Waals surface area contributed by atoms with Crippen molar-refractivity contribution in [1.29, 1.82) is 0 Å². The lowest BCUT2D eigenvalue weighted by Crippen LogP contribution is -2.16. The quantitative estimate of drug-likeness (QED) is 0.619. The number of carbonyl (C=O) groups is 1. The molecule has 152 valence electrons. The van der Waals surface area contributed by atoms with Gasteiger partial charge in [-0.15, -0.1) is 0 Å². The molecule has 1 amide bonds. The van der Waals surface area contributed by atoms with Crippen LogP contribution in [0, 0.1) is 0 Å². The number of nitrogens with two attached hydrogens (primary N) is 1. The number of carbonyl (C=O) groups excluding carboxylic acids is 1. The number of hydrogen-bond acceptors (Lipinski definition) is 4. The normalized spacial score (nSPS) is 11.6. The molecule has 29 heavy (non-hydrogen) atoms.